The van der Waals surface area contributed by atoms with Crippen LogP contribution in [0.2, 0.25) is 0 Å². The number of hydrogen-bond donors (Lipinski definition) is 0. The third kappa shape index (κ3) is 3.48. The largest absolute Gasteiger partial charge is 0.494 e. The average Bonchev–Trinajstić information content (AvgIpc) is 2.83. The summed E-state index contributed by atoms with van der Waals surface area (Å²) in [7, 11) is 0. The van der Waals surface area contributed by atoms with Crippen molar-refractivity contribution in [1.29, 1.82) is 0 Å². The molecule has 0 radical (unpaired) electrons. The lowest BCUT2D eigenvalue weighted by Crippen LogP contribution is -1.95. The molecule has 0 aliphatic heterocycles. The summed E-state index contributed by atoms with van der Waals surface area (Å²) in [6.45, 7) is 2.67. The molecule has 1 atom stereocenters. The second kappa shape index (κ2) is 6.08. The van der Waals surface area contributed by atoms with Crippen molar-refractivity contribution in [2.24, 2.45) is 0 Å². The second-order valence-electron chi connectivity index (χ2n) is 3.75. The van der Waals surface area contributed by atoms with Crippen molar-refractivity contribution < 1.29 is 4.74 Å². The lowest BCUT2D eigenvalue weighted by Gasteiger charge is -2.09. The molecule has 17 heavy (non-hydrogen) atoms. The molecule has 1 heterocycles. The Morgan fingerprint density at radius 3 is 2.59 bits per heavy atom. The second-order valence-corrected chi connectivity index (χ2v) is 5.31. The molecule has 0 aliphatic carbocycles. The lowest BCUT2D eigenvalue weighted by molar-refractivity contribution is 0.340. The molecule has 1 nitrogen and oxygen atoms in total. The Labute approximate surface area is 111 Å². The van der Waals surface area contributed by atoms with E-state index < -0.39 is 0 Å². The van der Waals surface area contributed by atoms with Crippen LogP contribution in [0.4, 0.5) is 0 Å². The van der Waals surface area contributed by atoms with Gasteiger partial charge < -0.3 is 4.74 Å². The smallest absolute Gasteiger partial charge is 0.119 e. The first-order chi connectivity index (χ1) is 8.29. The first-order valence-electron chi connectivity index (χ1n) is 5.69. The predicted molar refractivity (Wildman–Crippen MR) is 74.2 cm³/mol. The molecule has 1 unspecified atom stereocenters. The summed E-state index contributed by atoms with van der Waals surface area (Å²) in [5, 5.41) is 2.11. The van der Waals surface area contributed by atoms with Gasteiger partial charge in [-0.1, -0.05) is 18.2 Å². The summed E-state index contributed by atoms with van der Waals surface area (Å²) < 4.78 is 5.41. The topological polar surface area (TPSA) is 9.23 Å². The van der Waals surface area contributed by atoms with Gasteiger partial charge in [0.05, 0.1) is 12.0 Å². The Morgan fingerprint density at radius 1 is 1.24 bits per heavy atom. The van der Waals surface area contributed by atoms with Crippen molar-refractivity contribution in [3.05, 3.63) is 52.2 Å². The van der Waals surface area contributed by atoms with Gasteiger partial charge >= 0.3 is 0 Å². The van der Waals surface area contributed by atoms with Crippen molar-refractivity contribution in [3.8, 4) is 5.75 Å². The van der Waals surface area contributed by atoms with Gasteiger partial charge in [0.2, 0.25) is 0 Å². The molecule has 1 aromatic carbocycles. The zero-order valence-electron chi connectivity index (χ0n) is 9.73. The molecule has 2 rings (SSSR count). The van der Waals surface area contributed by atoms with Crippen LogP contribution in [0.15, 0.2) is 41.8 Å². The molecule has 0 fully saturated rings. The number of thiophene rings is 1. The van der Waals surface area contributed by atoms with E-state index in [4.69, 9.17) is 16.3 Å². The first kappa shape index (κ1) is 12.5. The number of rotatable bonds is 5. The quantitative estimate of drug-likeness (QED) is 0.715. The fraction of sp³-hybridized carbons (Fsp3) is 0.286. The van der Waals surface area contributed by atoms with Gasteiger partial charge in [-0.25, -0.2) is 0 Å². The molecular weight excluding hydrogens is 252 g/mol. The van der Waals surface area contributed by atoms with E-state index in [1.54, 1.807) is 11.3 Å². The van der Waals surface area contributed by atoms with Crippen molar-refractivity contribution in [3.63, 3.8) is 0 Å². The summed E-state index contributed by atoms with van der Waals surface area (Å²) in [4.78, 5) is 1.32. The van der Waals surface area contributed by atoms with Crippen molar-refractivity contribution in [1.82, 2.24) is 0 Å². The van der Waals surface area contributed by atoms with Crippen LogP contribution >= 0.6 is 22.9 Å². The van der Waals surface area contributed by atoms with Gasteiger partial charge in [-0.15, -0.1) is 22.9 Å². The third-order valence-corrected chi connectivity index (χ3v) is 3.82. The van der Waals surface area contributed by atoms with Crippen molar-refractivity contribution in [2.45, 2.75) is 18.7 Å². The molecule has 0 aliphatic rings. The number of alkyl halides is 1. The fourth-order valence-electron chi connectivity index (χ4n) is 1.66. The van der Waals surface area contributed by atoms with Crippen LogP contribution in [0.25, 0.3) is 0 Å². The Hall–Kier alpha value is -0.990. The molecule has 3 heteroatoms. The van der Waals surface area contributed by atoms with Gasteiger partial charge in [-0.2, -0.15) is 0 Å². The van der Waals surface area contributed by atoms with Crippen LogP contribution in [0.1, 0.15) is 22.7 Å². The molecule has 0 saturated carbocycles. The molecule has 0 amide bonds. The average molecular weight is 267 g/mol. The van der Waals surface area contributed by atoms with Gasteiger partial charge in [0.1, 0.15) is 5.75 Å². The number of hydrogen-bond acceptors (Lipinski definition) is 2. The van der Waals surface area contributed by atoms with Gasteiger partial charge in [-0.05, 0) is 36.1 Å². The standard InChI is InChI=1S/C14H15ClOS/c1-2-16-12-7-5-11(6-8-12)14(15)10-13-4-3-9-17-13/h3-9,14H,2,10H2,1H3. The molecule has 0 saturated heterocycles. The molecule has 2 aromatic rings. The summed E-state index contributed by atoms with van der Waals surface area (Å²) in [5.41, 5.74) is 1.14. The van der Waals surface area contributed by atoms with Gasteiger partial charge in [0.25, 0.3) is 0 Å². The Kier molecular flexibility index (Phi) is 4.46. The van der Waals surface area contributed by atoms with E-state index in [0.29, 0.717) is 6.61 Å². The Balaban J connectivity index is 2.01. The van der Waals surface area contributed by atoms with Crippen LogP contribution in [0, 0.1) is 0 Å². The van der Waals surface area contributed by atoms with Crippen molar-refractivity contribution in [2.75, 3.05) is 6.61 Å². The minimum Gasteiger partial charge on any atom is -0.494 e. The highest BCUT2D eigenvalue weighted by Gasteiger charge is 2.09. The van der Waals surface area contributed by atoms with E-state index in [9.17, 15) is 0 Å². The molecule has 1 aromatic heterocycles. The van der Waals surface area contributed by atoms with Gasteiger partial charge in [-0.3, -0.25) is 0 Å². The Bertz CT molecular complexity index is 436. The number of halogens is 1. The van der Waals surface area contributed by atoms with E-state index in [-0.39, 0.29) is 5.38 Å². The molecule has 90 valence electrons. The van der Waals surface area contributed by atoms with Gasteiger partial charge in [0.15, 0.2) is 0 Å². The lowest BCUT2D eigenvalue weighted by atomic mass is 10.1. The van der Waals surface area contributed by atoms with Crippen LogP contribution < -0.4 is 4.74 Å². The van der Waals surface area contributed by atoms with Crippen LogP contribution in [-0.4, -0.2) is 6.61 Å². The van der Waals surface area contributed by atoms with Crippen LogP contribution in [0.3, 0.4) is 0 Å². The van der Waals surface area contributed by atoms with Crippen LogP contribution in [0.5, 0.6) is 5.75 Å². The van der Waals surface area contributed by atoms with E-state index in [1.807, 2.05) is 31.2 Å². The first-order valence-corrected chi connectivity index (χ1v) is 7.00. The highest BCUT2D eigenvalue weighted by Crippen LogP contribution is 2.28. The zero-order chi connectivity index (χ0) is 12.1. The normalized spacial score (nSPS) is 12.4. The fourth-order valence-corrected chi connectivity index (χ4v) is 2.82. The molecule has 0 N–H and O–H groups in total. The summed E-state index contributed by atoms with van der Waals surface area (Å²) in [6.07, 6.45) is 0.882. The minimum absolute atomic E-state index is 0.0318. The van der Waals surface area contributed by atoms with Gasteiger partial charge in [0, 0.05) is 11.3 Å². The molecular formula is C14H15ClOS. The minimum atomic E-state index is 0.0318. The monoisotopic (exact) mass is 266 g/mol. The maximum Gasteiger partial charge on any atom is 0.119 e. The number of ether oxygens (including phenoxy) is 1. The SMILES string of the molecule is CCOc1ccc(C(Cl)Cc2cccs2)cc1. The molecule has 0 spiro atoms. The maximum absolute atomic E-state index is 6.39. The maximum atomic E-state index is 6.39. The Morgan fingerprint density at radius 2 is 2.00 bits per heavy atom. The van der Waals surface area contributed by atoms with E-state index in [0.717, 1.165) is 17.7 Å². The predicted octanol–water partition coefficient (Wildman–Crippen LogP) is 4.67. The van der Waals surface area contributed by atoms with E-state index in [1.165, 1.54) is 4.88 Å². The zero-order valence-corrected chi connectivity index (χ0v) is 11.3. The highest BCUT2D eigenvalue weighted by atomic mass is 35.5. The summed E-state index contributed by atoms with van der Waals surface area (Å²) in [5.74, 6) is 0.899. The van der Waals surface area contributed by atoms with E-state index >= 15 is 0 Å². The molecule has 0 bridgehead atoms. The third-order valence-electron chi connectivity index (χ3n) is 2.51. The summed E-state index contributed by atoms with van der Waals surface area (Å²) in [6, 6.07) is 12.2. The van der Waals surface area contributed by atoms with Crippen LogP contribution in [-0.2, 0) is 6.42 Å². The number of benzene rings is 1. The summed E-state index contributed by atoms with van der Waals surface area (Å²) >= 11 is 8.14. The van der Waals surface area contributed by atoms with Crippen molar-refractivity contribution >= 4 is 22.9 Å². The highest BCUT2D eigenvalue weighted by molar-refractivity contribution is 7.09. The van der Waals surface area contributed by atoms with E-state index in [2.05, 4.69) is 17.5 Å².